The van der Waals surface area contributed by atoms with Crippen molar-refractivity contribution < 1.29 is 20.4 Å². The van der Waals surface area contributed by atoms with Gasteiger partial charge in [0.25, 0.3) is 0 Å². The van der Waals surface area contributed by atoms with Crippen LogP contribution in [-0.4, -0.2) is 20.4 Å². The quantitative estimate of drug-likeness (QED) is 0.322. The molecule has 98 valence electrons. The lowest BCUT2D eigenvalue weighted by Crippen LogP contribution is -1.83. The molecule has 2 aromatic rings. The third kappa shape index (κ3) is 2.65. The number of phenols is 4. The Labute approximate surface area is 107 Å². The van der Waals surface area contributed by atoms with Crippen LogP contribution in [0.2, 0.25) is 0 Å². The molecular weight excluding hydrogens is 250 g/mol. The topological polar surface area (TPSA) is 132 Å². The minimum absolute atomic E-state index is 0.0566. The van der Waals surface area contributed by atoms with Crippen LogP contribution in [0.15, 0.2) is 40.6 Å². The number of benzene rings is 2. The summed E-state index contributed by atoms with van der Waals surface area (Å²) < 4.78 is 0. The van der Waals surface area contributed by atoms with Crippen LogP contribution in [-0.2, 0) is 0 Å². The molecular formula is C12H11N3O4. The van der Waals surface area contributed by atoms with Crippen LogP contribution in [0.5, 0.6) is 23.0 Å². The van der Waals surface area contributed by atoms with Gasteiger partial charge in [-0.1, -0.05) is 0 Å². The zero-order chi connectivity index (χ0) is 14.0. The summed E-state index contributed by atoms with van der Waals surface area (Å²) in [5, 5.41) is 44.6. The zero-order valence-electron chi connectivity index (χ0n) is 9.65. The molecule has 0 saturated carbocycles. The first kappa shape index (κ1) is 12.5. The highest BCUT2D eigenvalue weighted by Crippen LogP contribution is 2.38. The van der Waals surface area contributed by atoms with Crippen molar-refractivity contribution in [2.75, 3.05) is 5.73 Å². The zero-order valence-corrected chi connectivity index (χ0v) is 9.65. The number of rotatable bonds is 2. The van der Waals surface area contributed by atoms with Gasteiger partial charge in [-0.05, 0) is 18.2 Å². The van der Waals surface area contributed by atoms with E-state index in [9.17, 15) is 15.3 Å². The maximum atomic E-state index is 9.29. The average Bonchev–Trinajstić information content (AvgIpc) is 2.37. The Hall–Kier alpha value is -2.96. The normalized spacial score (nSPS) is 10.9. The Morgan fingerprint density at radius 3 is 1.89 bits per heavy atom. The summed E-state index contributed by atoms with van der Waals surface area (Å²) >= 11 is 0. The van der Waals surface area contributed by atoms with Crippen molar-refractivity contribution >= 4 is 17.1 Å². The van der Waals surface area contributed by atoms with E-state index in [0.717, 1.165) is 12.1 Å². The number of hydrogen-bond acceptors (Lipinski definition) is 7. The summed E-state index contributed by atoms with van der Waals surface area (Å²) in [6.45, 7) is 0. The molecule has 0 bridgehead atoms. The average molecular weight is 261 g/mol. The Morgan fingerprint density at radius 2 is 1.32 bits per heavy atom. The summed E-state index contributed by atoms with van der Waals surface area (Å²) in [4.78, 5) is 0. The molecule has 0 aliphatic heterocycles. The van der Waals surface area contributed by atoms with Gasteiger partial charge in [0.2, 0.25) is 0 Å². The fourth-order valence-electron chi connectivity index (χ4n) is 1.37. The third-order valence-electron chi connectivity index (χ3n) is 2.35. The van der Waals surface area contributed by atoms with E-state index < -0.39 is 17.2 Å². The van der Waals surface area contributed by atoms with Gasteiger partial charge in [0.05, 0.1) is 17.1 Å². The van der Waals surface area contributed by atoms with E-state index in [0.29, 0.717) is 5.69 Å². The fourth-order valence-corrected chi connectivity index (χ4v) is 1.37. The second kappa shape index (κ2) is 4.73. The Balaban J connectivity index is 2.30. The van der Waals surface area contributed by atoms with Crippen LogP contribution >= 0.6 is 0 Å². The number of azo groups is 1. The maximum absolute atomic E-state index is 9.29. The van der Waals surface area contributed by atoms with Crippen LogP contribution in [0.1, 0.15) is 0 Å². The van der Waals surface area contributed by atoms with Crippen molar-refractivity contribution in [1.29, 1.82) is 0 Å². The molecule has 7 nitrogen and oxygen atoms in total. The minimum atomic E-state index is -0.618. The molecule has 0 amide bonds. The van der Waals surface area contributed by atoms with Crippen molar-refractivity contribution in [2.24, 2.45) is 10.2 Å². The predicted octanol–water partition coefficient (Wildman–Crippen LogP) is 2.51. The molecule has 0 aromatic heterocycles. The summed E-state index contributed by atoms with van der Waals surface area (Å²) in [6.07, 6.45) is 0. The van der Waals surface area contributed by atoms with E-state index in [-0.39, 0.29) is 17.1 Å². The van der Waals surface area contributed by atoms with Crippen LogP contribution < -0.4 is 5.73 Å². The van der Waals surface area contributed by atoms with Crippen LogP contribution in [0.3, 0.4) is 0 Å². The summed E-state index contributed by atoms with van der Waals surface area (Å²) in [6, 6.07) is 6.56. The third-order valence-corrected chi connectivity index (χ3v) is 2.35. The molecule has 2 rings (SSSR count). The molecule has 0 spiro atoms. The monoisotopic (exact) mass is 261 g/mol. The van der Waals surface area contributed by atoms with Gasteiger partial charge >= 0.3 is 0 Å². The van der Waals surface area contributed by atoms with Crippen molar-refractivity contribution in [3.8, 4) is 23.0 Å². The second-order valence-corrected chi connectivity index (χ2v) is 3.78. The first-order chi connectivity index (χ1) is 8.97. The summed E-state index contributed by atoms with van der Waals surface area (Å²) in [5.74, 6) is -1.68. The van der Waals surface area contributed by atoms with Crippen molar-refractivity contribution in [3.63, 3.8) is 0 Å². The number of anilines is 1. The molecule has 0 atom stereocenters. The van der Waals surface area contributed by atoms with Gasteiger partial charge in [-0.3, -0.25) is 0 Å². The van der Waals surface area contributed by atoms with Crippen LogP contribution in [0, 0.1) is 0 Å². The Kier molecular flexibility index (Phi) is 3.11. The number of nitrogens with zero attached hydrogens (tertiary/aromatic N) is 2. The van der Waals surface area contributed by atoms with E-state index in [1.165, 1.54) is 18.2 Å². The maximum Gasteiger partial charge on any atom is 0.200 e. The highest BCUT2D eigenvalue weighted by atomic mass is 16.3. The highest BCUT2D eigenvalue weighted by Gasteiger charge is 2.07. The number of nitrogens with two attached hydrogens (primary N) is 1. The van der Waals surface area contributed by atoms with Gasteiger partial charge in [0.15, 0.2) is 17.2 Å². The van der Waals surface area contributed by atoms with E-state index in [4.69, 9.17) is 10.8 Å². The lowest BCUT2D eigenvalue weighted by molar-refractivity contribution is 0.368. The van der Waals surface area contributed by atoms with Crippen LogP contribution in [0.25, 0.3) is 0 Å². The molecule has 0 heterocycles. The van der Waals surface area contributed by atoms with Crippen molar-refractivity contribution in [2.45, 2.75) is 0 Å². The highest BCUT2D eigenvalue weighted by molar-refractivity contribution is 5.60. The van der Waals surface area contributed by atoms with Gasteiger partial charge in [0.1, 0.15) is 5.75 Å². The number of phenolic OH excluding ortho intramolecular Hbond substituents is 4. The van der Waals surface area contributed by atoms with E-state index >= 15 is 0 Å². The minimum Gasteiger partial charge on any atom is -0.506 e. The van der Waals surface area contributed by atoms with Gasteiger partial charge in [0, 0.05) is 12.1 Å². The first-order valence-electron chi connectivity index (χ1n) is 5.22. The van der Waals surface area contributed by atoms with Gasteiger partial charge < -0.3 is 26.2 Å². The smallest absolute Gasteiger partial charge is 0.200 e. The van der Waals surface area contributed by atoms with E-state index in [2.05, 4.69) is 10.2 Å². The van der Waals surface area contributed by atoms with E-state index in [1.54, 1.807) is 0 Å². The SMILES string of the molecule is Nc1cc(N=Nc2cc(O)c(O)c(O)c2)ccc1O. The summed E-state index contributed by atoms with van der Waals surface area (Å²) in [7, 11) is 0. The molecule has 0 unspecified atom stereocenters. The standard InChI is InChI=1S/C12H11N3O4/c13-8-3-6(1-2-9(8)16)14-15-7-4-10(17)12(19)11(18)5-7/h1-5,16-19H,13H2. The van der Waals surface area contributed by atoms with Gasteiger partial charge in [-0.15, -0.1) is 0 Å². The molecule has 7 heteroatoms. The molecule has 0 aliphatic carbocycles. The fraction of sp³-hybridized carbons (Fsp3) is 0. The molecule has 0 fully saturated rings. The van der Waals surface area contributed by atoms with E-state index in [1.807, 2.05) is 0 Å². The first-order valence-corrected chi connectivity index (χ1v) is 5.22. The largest absolute Gasteiger partial charge is 0.506 e. The lowest BCUT2D eigenvalue weighted by atomic mass is 10.2. The van der Waals surface area contributed by atoms with Gasteiger partial charge in [-0.25, -0.2) is 0 Å². The number of hydrogen-bond donors (Lipinski definition) is 5. The van der Waals surface area contributed by atoms with Gasteiger partial charge in [-0.2, -0.15) is 10.2 Å². The van der Waals surface area contributed by atoms with Crippen molar-refractivity contribution in [1.82, 2.24) is 0 Å². The molecule has 19 heavy (non-hydrogen) atoms. The molecule has 0 radical (unpaired) electrons. The Morgan fingerprint density at radius 1 is 0.737 bits per heavy atom. The predicted molar refractivity (Wildman–Crippen MR) is 68.1 cm³/mol. The number of nitrogen functional groups attached to an aromatic ring is 1. The summed E-state index contributed by atoms with van der Waals surface area (Å²) in [5.41, 5.74) is 6.20. The number of aromatic hydroxyl groups is 4. The molecule has 6 N–H and O–H groups in total. The Bertz CT molecular complexity index is 632. The lowest BCUT2D eigenvalue weighted by Gasteiger charge is -2.01. The molecule has 2 aromatic carbocycles. The molecule has 0 aliphatic rings. The second-order valence-electron chi connectivity index (χ2n) is 3.78. The van der Waals surface area contributed by atoms with Crippen LogP contribution in [0.4, 0.5) is 17.1 Å². The van der Waals surface area contributed by atoms with Crippen molar-refractivity contribution in [3.05, 3.63) is 30.3 Å². The molecule has 0 saturated heterocycles.